The second-order valence-electron chi connectivity index (χ2n) is 12.9. The molecule has 240 valence electrons. The van der Waals surface area contributed by atoms with Crippen LogP contribution in [-0.4, -0.2) is 46.6 Å². The second kappa shape index (κ2) is 13.6. The molecule has 5 aromatic rings. The number of carbonyl (C=O) groups is 1. The minimum absolute atomic E-state index is 0.0777. The molecule has 1 aliphatic heterocycles. The molecule has 0 atom stereocenters. The van der Waals surface area contributed by atoms with Gasteiger partial charge in [0, 0.05) is 59.8 Å². The maximum Gasteiger partial charge on any atom is 0.251 e. The van der Waals surface area contributed by atoms with Crippen molar-refractivity contribution in [3.63, 3.8) is 0 Å². The number of amides is 1. The van der Waals surface area contributed by atoms with Crippen LogP contribution in [0.2, 0.25) is 0 Å². The van der Waals surface area contributed by atoms with E-state index in [1.54, 1.807) is 18.2 Å². The Labute approximate surface area is 275 Å². The molecule has 3 aromatic carbocycles. The molecule has 0 aliphatic carbocycles. The highest BCUT2D eigenvalue weighted by molar-refractivity contribution is 5.94. The lowest BCUT2D eigenvalue weighted by Gasteiger charge is -2.32. The third kappa shape index (κ3) is 7.12. The molecule has 0 bridgehead atoms. The zero-order valence-corrected chi connectivity index (χ0v) is 27.6. The van der Waals surface area contributed by atoms with E-state index in [1.165, 1.54) is 0 Å². The van der Waals surface area contributed by atoms with E-state index in [2.05, 4.69) is 54.2 Å². The first kappa shape index (κ1) is 31.7. The van der Waals surface area contributed by atoms with Gasteiger partial charge in [0.2, 0.25) is 11.8 Å². The minimum atomic E-state index is -0.104. The maximum absolute atomic E-state index is 13.0. The predicted octanol–water partition coefficient (Wildman–Crippen LogP) is 7.69. The van der Waals surface area contributed by atoms with Gasteiger partial charge in [-0.25, -0.2) is 15.0 Å². The van der Waals surface area contributed by atoms with Gasteiger partial charge in [0.1, 0.15) is 11.3 Å². The molecule has 0 saturated carbocycles. The number of ether oxygens (including phenoxy) is 1. The van der Waals surface area contributed by atoms with E-state index in [9.17, 15) is 10.1 Å². The molecule has 0 spiro atoms. The van der Waals surface area contributed by atoms with Crippen molar-refractivity contribution in [2.24, 2.45) is 5.92 Å². The standard InChI is InChI=1S/C38H40N6O3/c1-23(2)31-17-27(19-39)18-33-35(31)47-37(43-33)29-9-7-28(8-10-29)36(45)40-20-26-12-14-44(15-13-26)38-41-21-30(22-42-38)32-16-25(5)6-11-34(32)46-24(3)4/h6-11,16-18,21-24,26H,12-15,20H2,1-5H3,(H,40,45). The van der Waals surface area contributed by atoms with E-state index < -0.39 is 0 Å². The summed E-state index contributed by atoms with van der Waals surface area (Å²) in [7, 11) is 0. The van der Waals surface area contributed by atoms with E-state index in [4.69, 9.17) is 19.1 Å². The van der Waals surface area contributed by atoms with Gasteiger partial charge in [-0.3, -0.25) is 4.79 Å². The van der Waals surface area contributed by atoms with Crippen LogP contribution in [0.15, 0.2) is 71.4 Å². The summed E-state index contributed by atoms with van der Waals surface area (Å²) in [5, 5.41) is 12.5. The monoisotopic (exact) mass is 628 g/mol. The van der Waals surface area contributed by atoms with Crippen molar-refractivity contribution < 1.29 is 13.9 Å². The summed E-state index contributed by atoms with van der Waals surface area (Å²) in [6, 6.07) is 19.3. The number of rotatable bonds is 9. The van der Waals surface area contributed by atoms with Crippen molar-refractivity contribution in [3.05, 3.63) is 89.2 Å². The largest absolute Gasteiger partial charge is 0.490 e. The SMILES string of the molecule is Cc1ccc(OC(C)C)c(-c2cnc(N3CCC(CNC(=O)c4ccc(-c5nc6cc(C#N)cc(C(C)C)c6o5)cc4)CC3)nc2)c1. The predicted molar refractivity (Wildman–Crippen MR) is 183 cm³/mol. The van der Waals surface area contributed by atoms with Crippen LogP contribution >= 0.6 is 0 Å². The number of benzene rings is 3. The van der Waals surface area contributed by atoms with Gasteiger partial charge in [-0.15, -0.1) is 0 Å². The van der Waals surface area contributed by atoms with Gasteiger partial charge >= 0.3 is 0 Å². The first-order valence-electron chi connectivity index (χ1n) is 16.3. The molecule has 47 heavy (non-hydrogen) atoms. The van der Waals surface area contributed by atoms with Crippen LogP contribution in [0.1, 0.15) is 73.5 Å². The van der Waals surface area contributed by atoms with Gasteiger partial charge < -0.3 is 19.4 Å². The van der Waals surface area contributed by atoms with Gasteiger partial charge in [-0.1, -0.05) is 25.5 Å². The molecule has 0 radical (unpaired) electrons. The smallest absolute Gasteiger partial charge is 0.251 e. The molecular weight excluding hydrogens is 588 g/mol. The number of nitriles is 1. The number of piperidine rings is 1. The van der Waals surface area contributed by atoms with Gasteiger partial charge in [-0.2, -0.15) is 5.26 Å². The zero-order valence-electron chi connectivity index (χ0n) is 27.6. The van der Waals surface area contributed by atoms with E-state index in [0.717, 1.165) is 65.4 Å². The topological polar surface area (TPSA) is 117 Å². The number of aromatic nitrogens is 3. The van der Waals surface area contributed by atoms with Crippen molar-refractivity contribution in [2.45, 2.75) is 59.5 Å². The third-order valence-electron chi connectivity index (χ3n) is 8.56. The zero-order chi connectivity index (χ0) is 33.1. The summed E-state index contributed by atoms with van der Waals surface area (Å²) >= 11 is 0. The first-order valence-corrected chi connectivity index (χ1v) is 16.3. The molecule has 0 unspecified atom stereocenters. The average molecular weight is 629 g/mol. The minimum Gasteiger partial charge on any atom is -0.490 e. The van der Waals surface area contributed by atoms with Crippen molar-refractivity contribution in [1.82, 2.24) is 20.3 Å². The fourth-order valence-corrected chi connectivity index (χ4v) is 5.97. The number of oxazole rings is 1. The van der Waals surface area contributed by atoms with Gasteiger partial charge in [0.05, 0.1) is 17.7 Å². The number of nitrogens with zero attached hydrogens (tertiary/aromatic N) is 5. The Morgan fingerprint density at radius 2 is 1.74 bits per heavy atom. The summed E-state index contributed by atoms with van der Waals surface area (Å²) in [6.45, 7) is 12.5. The first-order chi connectivity index (χ1) is 22.7. The Kier molecular flexibility index (Phi) is 9.21. The normalized spacial score (nSPS) is 13.7. The summed E-state index contributed by atoms with van der Waals surface area (Å²) in [4.78, 5) is 29.2. The van der Waals surface area contributed by atoms with E-state index in [0.29, 0.717) is 40.6 Å². The highest BCUT2D eigenvalue weighted by Crippen LogP contribution is 2.33. The van der Waals surface area contributed by atoms with Crippen molar-refractivity contribution in [1.29, 1.82) is 5.26 Å². The molecule has 9 heteroatoms. The highest BCUT2D eigenvalue weighted by Gasteiger charge is 2.22. The average Bonchev–Trinajstić information content (AvgIpc) is 3.52. The Bertz CT molecular complexity index is 1910. The van der Waals surface area contributed by atoms with Crippen LogP contribution in [-0.2, 0) is 0 Å². The molecule has 1 N–H and O–H groups in total. The van der Waals surface area contributed by atoms with E-state index in [-0.39, 0.29) is 17.9 Å². The maximum atomic E-state index is 13.0. The third-order valence-corrected chi connectivity index (χ3v) is 8.56. The Balaban J connectivity index is 1.03. The molecule has 1 saturated heterocycles. The number of fused-ring (bicyclic) bond motifs is 1. The summed E-state index contributed by atoms with van der Waals surface area (Å²) < 4.78 is 12.1. The van der Waals surface area contributed by atoms with Gasteiger partial charge in [0.25, 0.3) is 5.91 Å². The molecule has 1 aliphatic rings. The fourth-order valence-electron chi connectivity index (χ4n) is 5.97. The number of nitrogens with one attached hydrogen (secondary N) is 1. The van der Waals surface area contributed by atoms with Crippen LogP contribution < -0.4 is 15.0 Å². The van der Waals surface area contributed by atoms with Crippen LogP contribution in [0.3, 0.4) is 0 Å². The molecule has 6 rings (SSSR count). The number of carbonyl (C=O) groups excluding carboxylic acids is 1. The summed E-state index contributed by atoms with van der Waals surface area (Å²) in [6.07, 6.45) is 5.71. The summed E-state index contributed by atoms with van der Waals surface area (Å²) in [5.41, 5.74) is 7.31. The number of anilines is 1. The number of hydrogen-bond acceptors (Lipinski definition) is 8. The van der Waals surface area contributed by atoms with Crippen LogP contribution in [0.25, 0.3) is 33.7 Å². The lowest BCUT2D eigenvalue weighted by atomic mass is 9.97. The quantitative estimate of drug-likeness (QED) is 0.177. The number of hydrogen-bond donors (Lipinski definition) is 1. The lowest BCUT2D eigenvalue weighted by molar-refractivity contribution is 0.0945. The number of aryl methyl sites for hydroxylation is 1. The van der Waals surface area contributed by atoms with Crippen LogP contribution in [0, 0.1) is 24.2 Å². The molecular formula is C38H40N6O3. The molecule has 3 heterocycles. The van der Waals surface area contributed by atoms with Crippen molar-refractivity contribution in [3.8, 4) is 34.4 Å². The van der Waals surface area contributed by atoms with Crippen molar-refractivity contribution >= 4 is 23.0 Å². The Morgan fingerprint density at radius 3 is 2.40 bits per heavy atom. The van der Waals surface area contributed by atoms with E-state index >= 15 is 0 Å². The van der Waals surface area contributed by atoms with Gasteiger partial charge in [0.15, 0.2) is 5.58 Å². The Hall–Kier alpha value is -5.23. The fraction of sp³-hybridized carbons (Fsp3) is 0.342. The molecule has 2 aromatic heterocycles. The highest BCUT2D eigenvalue weighted by atomic mass is 16.5. The summed E-state index contributed by atoms with van der Waals surface area (Å²) in [5.74, 6) is 2.49. The van der Waals surface area contributed by atoms with Crippen LogP contribution in [0.4, 0.5) is 5.95 Å². The second-order valence-corrected chi connectivity index (χ2v) is 12.9. The molecule has 9 nitrogen and oxygen atoms in total. The van der Waals surface area contributed by atoms with Gasteiger partial charge in [-0.05, 0) is 94.0 Å². The van der Waals surface area contributed by atoms with Crippen molar-refractivity contribution in [2.75, 3.05) is 24.5 Å². The molecule has 1 fully saturated rings. The Morgan fingerprint density at radius 1 is 1.02 bits per heavy atom. The van der Waals surface area contributed by atoms with E-state index in [1.807, 2.05) is 50.5 Å². The molecule has 1 amide bonds. The lowest BCUT2D eigenvalue weighted by Crippen LogP contribution is -2.39. The van der Waals surface area contributed by atoms with Crippen LogP contribution in [0.5, 0.6) is 5.75 Å².